The molecule has 0 saturated carbocycles. The Hall–Kier alpha value is -14.3. The molecule has 1 amide bonds. The first-order valence-corrected chi connectivity index (χ1v) is 54.1. The fraction of sp³-hybridized carbons (Fsp3) is 0.402. The number of nitrogens with zero attached hydrogens (tertiary/aromatic N) is 25. The number of H-pyrrole nitrogens is 1. The highest BCUT2D eigenvalue weighted by atomic mass is 32.2. The molecule has 5 fully saturated rings. The molecule has 43 nitrogen and oxygen atoms in total. The van der Waals surface area contributed by atoms with E-state index in [2.05, 4.69) is 99.4 Å². The van der Waals surface area contributed by atoms with E-state index in [-0.39, 0.29) is 88.4 Å². The first-order valence-electron chi connectivity index (χ1n) is 46.7. The number of aromatic amines is 1. The van der Waals surface area contributed by atoms with Gasteiger partial charge in [0.15, 0.2) is 28.2 Å². The van der Waals surface area contributed by atoms with Crippen molar-refractivity contribution in [2.45, 2.75) is 89.6 Å². The molecule has 9 N–H and O–H groups in total. The van der Waals surface area contributed by atoms with Gasteiger partial charge in [-0.1, -0.05) is 0 Å². The summed E-state index contributed by atoms with van der Waals surface area (Å²) in [4.78, 5) is 79.5. The maximum atomic E-state index is 13.2. The lowest BCUT2D eigenvalue weighted by atomic mass is 9.97. The summed E-state index contributed by atoms with van der Waals surface area (Å²) >= 11 is 0. The number of piperidine rings is 4. The van der Waals surface area contributed by atoms with E-state index in [0.717, 1.165) is 101 Å². The van der Waals surface area contributed by atoms with Crippen molar-refractivity contribution in [1.29, 1.82) is 0 Å². The molecule has 0 spiro atoms. The molecular weight excluding hydrogens is 2050 g/mol. The molecule has 149 heavy (non-hydrogen) atoms. The number of β-amino-alcohol motifs (C(OH)–C–C–N with tert-alkyl or cyclic N) is 1. The molecule has 20 heterocycles. The number of nitrogens with one attached hydrogen (secondary N) is 4. The van der Waals surface area contributed by atoms with Gasteiger partial charge in [0.05, 0.1) is 103 Å². The number of anilines is 5. The number of carbonyl (C=O) groups excluding carboxylic acids is 1. The Kier molecular flexibility index (Phi) is 33.4. The zero-order valence-electron chi connectivity index (χ0n) is 80.2. The number of methoxy groups -OCH3 is 1. The van der Waals surface area contributed by atoms with Crippen LogP contribution in [0.25, 0.3) is 84.7 Å². The minimum absolute atomic E-state index is 0.0588. The normalized spacial score (nSPS) is 18.0. The zero-order chi connectivity index (χ0) is 106. The van der Waals surface area contributed by atoms with Crippen LogP contribution in [-0.4, -0.2) is 270 Å². The predicted octanol–water partition coefficient (Wildman–Crippen LogP) is 9.43. The van der Waals surface area contributed by atoms with Gasteiger partial charge in [-0.2, -0.15) is 30.5 Å². The number of sulfonamides is 4. The standard InChI is InChI=1S/C20H24F2N6O3S.C19H22F2N6O3S.C18H20F2N6O2S.C18H18F2N6O.C17H19F2N7O3S/c1-31-19-9-14(16-11-23-17-6-5-15(20(21)22)26-28(16)17)8-18(25-19)27-7-3-4-13(12-27)10-24-32(2,29)30;1-31(29,30)23-9-12-3-2-6-26(11-12)17-7-13(8-18(28)24-17)15-10-22-16-5-4-14(19(20)21)25-27(15)16;19-18(20)14-3-4-16-23-9-15(26(16)24-14)13-5-6-22-17(8-13)25-7-1-2-12(10-25)11-29(21,27)28;19-17(20)13-3-4-15-23-9-14(26(15)24-13)11-5-6-22-16(8-11)25-7-1-2-12(10-25)18(21)27;1-30(28,29)23-5-10-7-25(8-14(10)27)16-4-12(21-9-22-16)13-6-20-15-3-2-11(17(18)19)24-26(13)15/h5-6,8-9,11,13,20,24H,3-4,7,10,12H2,1-2H3;4-5,7-8,10,12,19,23H,2-3,6,9,11H2,1H3,(H,24,28);3-6,8-9,12,18H,1-2,7,10-11H2,(H2,21,27,28);3-6,8-9,12,17H,1-2,7,10H2,(H2,21,27);2-4,6,9-10,14,17,23,27H,5,7-8H2,1H3/t;;;12-;/m...0./s1. The van der Waals surface area contributed by atoms with Crippen molar-refractivity contribution in [2.24, 2.45) is 40.5 Å². The van der Waals surface area contributed by atoms with E-state index in [4.69, 9.17) is 15.6 Å². The minimum atomic E-state index is -3.54. The van der Waals surface area contributed by atoms with Crippen LogP contribution in [0.3, 0.4) is 0 Å². The highest BCUT2D eigenvalue weighted by Gasteiger charge is 2.35. The van der Waals surface area contributed by atoms with E-state index < -0.39 is 78.3 Å². The van der Waals surface area contributed by atoms with Gasteiger partial charge >= 0.3 is 0 Å². The lowest BCUT2D eigenvalue weighted by Crippen LogP contribution is -2.41. The number of pyridine rings is 4. The Balaban J connectivity index is 0.000000133. The SMILES string of the molecule is COc1cc(-c2cnc3ccc(C(F)F)nn23)cc(N2CCCC(CNS(C)(=O)=O)C2)n1.CS(=O)(=O)NCC1CCCN(c2cc(-c3cnc4ccc(C(F)F)nn34)cc(=O)[nH]2)C1.CS(=O)(=O)NCC1CN(c2cc(-c3cnc4ccc(C(F)F)nn34)ncn2)CC1O.NC(=O)[C@H]1CCCN(c2cc(-c3cnc4ccc(C(F)F)nn34)ccn2)C1.NS(=O)(=O)CC1CCCN(c2cc(-c3cnc4ccc(C(F)F)nn34)ccn2)C1. The average molecular weight is 2150 g/mol. The number of aliphatic hydroxyl groups excluding tert-OH is 1. The van der Waals surface area contributed by atoms with Gasteiger partial charge in [0.25, 0.3) is 32.1 Å². The number of carbonyl (C=O) groups is 1. The maximum Gasteiger partial charge on any atom is 0.282 e. The fourth-order valence-electron chi connectivity index (χ4n) is 18.0. The number of rotatable bonds is 28. The number of alkyl halides is 10. The molecule has 0 aromatic carbocycles. The van der Waals surface area contributed by atoms with Crippen LogP contribution in [0.1, 0.15) is 112 Å². The highest BCUT2D eigenvalue weighted by Crippen LogP contribution is 2.37. The molecule has 0 aliphatic carbocycles. The molecule has 5 saturated heterocycles. The van der Waals surface area contributed by atoms with Gasteiger partial charge < -0.3 is 45.1 Å². The second-order valence-corrected chi connectivity index (χ2v) is 43.4. The van der Waals surface area contributed by atoms with Gasteiger partial charge in [0.2, 0.25) is 57.4 Å². The summed E-state index contributed by atoms with van der Waals surface area (Å²) in [5.74, 6) is 2.82. The van der Waals surface area contributed by atoms with Crippen LogP contribution in [0, 0.1) is 29.6 Å². The molecule has 0 radical (unpaired) electrons. The molecule has 20 rings (SSSR count). The fourth-order valence-corrected chi connectivity index (χ4v) is 20.5. The van der Waals surface area contributed by atoms with Crippen molar-refractivity contribution in [1.82, 2.24) is 117 Å². The third-order valence-corrected chi connectivity index (χ3v) is 28.2. The number of primary sulfonamides is 1. The molecule has 15 aromatic heterocycles. The van der Waals surface area contributed by atoms with Crippen molar-refractivity contribution in [3.63, 3.8) is 0 Å². The number of nitrogens with two attached hydrogens (primary N) is 2. The lowest BCUT2D eigenvalue weighted by molar-refractivity contribution is -0.122. The van der Waals surface area contributed by atoms with Crippen LogP contribution in [0.4, 0.5) is 73.0 Å². The van der Waals surface area contributed by atoms with Crippen molar-refractivity contribution in [3.8, 4) is 62.3 Å². The summed E-state index contributed by atoms with van der Waals surface area (Å²) in [6.45, 7) is 6.71. The number of imidazole rings is 5. The van der Waals surface area contributed by atoms with Crippen LogP contribution < -0.4 is 59.8 Å². The monoisotopic (exact) mass is 2150 g/mol. The average Bonchev–Trinajstić information content (AvgIpc) is 1.07. The van der Waals surface area contributed by atoms with Crippen LogP contribution in [0.2, 0.25) is 0 Å². The van der Waals surface area contributed by atoms with Crippen molar-refractivity contribution in [3.05, 3.63) is 204 Å². The quantitative estimate of drug-likeness (QED) is 0.0224. The molecule has 792 valence electrons. The summed E-state index contributed by atoms with van der Waals surface area (Å²) in [6, 6.07) is 29.2. The van der Waals surface area contributed by atoms with Crippen LogP contribution in [-0.2, 0) is 44.9 Å². The number of fused-ring (bicyclic) bond motifs is 5. The number of ether oxygens (including phenoxy) is 1. The van der Waals surface area contributed by atoms with Crippen molar-refractivity contribution in [2.75, 3.05) is 141 Å². The molecule has 15 aromatic rings. The zero-order valence-corrected chi connectivity index (χ0v) is 83.4. The predicted molar refractivity (Wildman–Crippen MR) is 530 cm³/mol. The molecule has 6 atom stereocenters. The molecule has 0 bridgehead atoms. The molecule has 57 heteroatoms. The Morgan fingerprint density at radius 2 is 0.799 bits per heavy atom. The van der Waals surface area contributed by atoms with Gasteiger partial charge in [-0.3, -0.25) is 9.59 Å². The smallest absolute Gasteiger partial charge is 0.282 e. The lowest BCUT2D eigenvalue weighted by Gasteiger charge is -2.34. The highest BCUT2D eigenvalue weighted by molar-refractivity contribution is 7.89. The van der Waals surface area contributed by atoms with E-state index in [9.17, 15) is 92.3 Å². The second-order valence-electron chi connectivity index (χ2n) is 36.3. The molecule has 5 aliphatic heterocycles. The minimum Gasteiger partial charge on any atom is -0.481 e. The molecule has 5 aliphatic rings. The topological polar surface area (TPSA) is 536 Å². The van der Waals surface area contributed by atoms with E-state index >= 15 is 0 Å². The summed E-state index contributed by atoms with van der Waals surface area (Å²) in [6.07, 6.45) is 8.24. The number of hydrogen-bond acceptors (Lipinski definition) is 32. The second kappa shape index (κ2) is 46.2. The maximum absolute atomic E-state index is 13.2. The Labute approximate surface area is 845 Å². The van der Waals surface area contributed by atoms with Gasteiger partial charge in [0.1, 0.15) is 69.6 Å². The number of aliphatic hydroxyl groups is 1. The Morgan fingerprint density at radius 3 is 1.23 bits per heavy atom. The summed E-state index contributed by atoms with van der Waals surface area (Å²) in [5, 5.41) is 35.4. The molecular formula is C92H103F10N31O12S4. The third-order valence-electron chi connectivity index (χ3n) is 25.2. The molecule has 5 unspecified atom stereocenters. The van der Waals surface area contributed by atoms with E-state index in [1.165, 1.54) is 115 Å². The van der Waals surface area contributed by atoms with E-state index in [0.29, 0.717) is 161 Å². The summed E-state index contributed by atoms with van der Waals surface area (Å²) in [5.41, 5.74) is 11.2. The van der Waals surface area contributed by atoms with Crippen LogP contribution >= 0.6 is 0 Å². The number of primary amides is 1. The number of aromatic nitrogens is 21. The third kappa shape index (κ3) is 27.5. The van der Waals surface area contributed by atoms with Crippen molar-refractivity contribution >= 4 is 103 Å². The first-order chi connectivity index (χ1) is 71.0. The van der Waals surface area contributed by atoms with Crippen LogP contribution in [0.5, 0.6) is 5.88 Å². The van der Waals surface area contributed by atoms with Crippen molar-refractivity contribution < 1.29 is 92.2 Å². The van der Waals surface area contributed by atoms with E-state index in [1.54, 1.807) is 61.3 Å². The largest absolute Gasteiger partial charge is 0.481 e. The number of halogens is 10. The summed E-state index contributed by atoms with van der Waals surface area (Å²) in [7, 11) is -11.9. The Bertz CT molecular complexity index is 7880. The summed E-state index contributed by atoms with van der Waals surface area (Å²) < 4.78 is 241. The van der Waals surface area contributed by atoms with Gasteiger partial charge in [0, 0.05) is 144 Å². The van der Waals surface area contributed by atoms with Crippen LogP contribution in [0.15, 0.2) is 170 Å². The van der Waals surface area contributed by atoms with Gasteiger partial charge in [-0.25, -0.2) is 164 Å². The number of hydrogen-bond donors (Lipinski definition) is 7. The van der Waals surface area contributed by atoms with Gasteiger partial charge in [-0.15, -0.1) is 0 Å². The Morgan fingerprint density at radius 1 is 0.423 bits per heavy atom. The van der Waals surface area contributed by atoms with Gasteiger partial charge in [-0.05, 0) is 166 Å². The van der Waals surface area contributed by atoms with E-state index in [1.807, 2.05) is 37.8 Å². The number of amides is 1. The first kappa shape index (κ1) is 107.